The maximum Gasteiger partial charge on any atom is 0.471 e. The van der Waals surface area contributed by atoms with Crippen LogP contribution in [0.1, 0.15) is 27.0 Å². The number of ether oxygens (including phenoxy) is 2. The molecule has 0 radical (unpaired) electrons. The Labute approximate surface area is 231 Å². The van der Waals surface area contributed by atoms with Crippen LogP contribution in [0.2, 0.25) is 0 Å². The number of aromatic nitrogens is 1. The molecular weight excluding hydrogens is 577 g/mol. The summed E-state index contributed by atoms with van der Waals surface area (Å²) < 4.78 is 52.5. The Morgan fingerprint density at radius 1 is 0.821 bits per heavy atom. The van der Waals surface area contributed by atoms with Crippen molar-refractivity contribution in [2.24, 2.45) is 0 Å². The van der Waals surface area contributed by atoms with Crippen LogP contribution in [0.15, 0.2) is 102 Å². The number of alkyl halides is 3. The van der Waals surface area contributed by atoms with E-state index < -0.39 is 24.6 Å². The first-order valence-electron chi connectivity index (χ1n) is 11.7. The molecule has 39 heavy (non-hydrogen) atoms. The number of pyridine rings is 1. The van der Waals surface area contributed by atoms with E-state index in [1.165, 1.54) is 24.4 Å². The third-order valence-electron chi connectivity index (χ3n) is 5.56. The molecule has 0 aliphatic rings. The highest BCUT2D eigenvalue weighted by Crippen LogP contribution is 2.32. The molecule has 0 fully saturated rings. The zero-order valence-electron chi connectivity index (χ0n) is 20.4. The van der Waals surface area contributed by atoms with E-state index in [1.54, 1.807) is 60.7 Å². The number of halogens is 4. The van der Waals surface area contributed by atoms with Gasteiger partial charge in [-0.3, -0.25) is 9.69 Å². The quantitative estimate of drug-likeness (QED) is 0.155. The monoisotopic (exact) mass is 598 g/mol. The number of nitrogens with zero attached hydrogens (tertiary/aromatic N) is 2. The first-order chi connectivity index (χ1) is 18.7. The van der Waals surface area contributed by atoms with Crippen LogP contribution < -0.4 is 9.64 Å². The van der Waals surface area contributed by atoms with Crippen molar-refractivity contribution in [2.45, 2.75) is 25.9 Å². The number of esters is 1. The van der Waals surface area contributed by atoms with Gasteiger partial charge in [-0.25, -0.2) is 9.78 Å². The molecular formula is C29H22BrF3N2O4. The lowest BCUT2D eigenvalue weighted by molar-refractivity contribution is -0.170. The highest BCUT2D eigenvalue weighted by Gasteiger charge is 2.43. The fourth-order valence-corrected chi connectivity index (χ4v) is 3.85. The average Bonchev–Trinajstić information content (AvgIpc) is 2.94. The normalized spacial score (nSPS) is 11.1. The molecule has 10 heteroatoms. The van der Waals surface area contributed by atoms with E-state index in [0.717, 1.165) is 11.1 Å². The van der Waals surface area contributed by atoms with Crippen molar-refractivity contribution >= 4 is 33.5 Å². The summed E-state index contributed by atoms with van der Waals surface area (Å²) >= 11 is 3.18. The van der Waals surface area contributed by atoms with Crippen LogP contribution in [0.5, 0.6) is 5.75 Å². The number of rotatable bonds is 9. The number of hydrogen-bond acceptors (Lipinski definition) is 5. The molecule has 0 N–H and O–H groups in total. The molecule has 3 aromatic carbocycles. The minimum absolute atomic E-state index is 0.00516. The molecule has 6 nitrogen and oxygen atoms in total. The van der Waals surface area contributed by atoms with E-state index in [-0.39, 0.29) is 30.2 Å². The van der Waals surface area contributed by atoms with Gasteiger partial charge >= 0.3 is 18.1 Å². The number of benzene rings is 3. The van der Waals surface area contributed by atoms with Crippen LogP contribution in [0, 0.1) is 0 Å². The Balaban J connectivity index is 1.67. The Kier molecular flexibility index (Phi) is 8.98. The lowest BCUT2D eigenvalue weighted by Crippen LogP contribution is -2.40. The van der Waals surface area contributed by atoms with Gasteiger partial charge in [-0.1, -0.05) is 66.7 Å². The summed E-state index contributed by atoms with van der Waals surface area (Å²) in [5.41, 5.74) is 1.81. The van der Waals surface area contributed by atoms with E-state index in [4.69, 9.17) is 9.47 Å². The van der Waals surface area contributed by atoms with Crippen molar-refractivity contribution in [2.75, 3.05) is 4.90 Å². The molecule has 0 aliphatic heterocycles. The molecule has 200 valence electrons. The van der Waals surface area contributed by atoms with Crippen molar-refractivity contribution in [3.8, 4) is 5.75 Å². The molecule has 0 unspecified atom stereocenters. The van der Waals surface area contributed by atoms with E-state index >= 15 is 0 Å². The van der Waals surface area contributed by atoms with Gasteiger partial charge < -0.3 is 9.47 Å². The van der Waals surface area contributed by atoms with Crippen molar-refractivity contribution in [3.63, 3.8) is 0 Å². The zero-order chi connectivity index (χ0) is 27.8. The summed E-state index contributed by atoms with van der Waals surface area (Å²) in [4.78, 5) is 30.0. The molecule has 1 heterocycles. The second-order valence-electron chi connectivity index (χ2n) is 8.39. The minimum atomic E-state index is -5.14. The second-order valence-corrected chi connectivity index (χ2v) is 9.21. The predicted octanol–water partition coefficient (Wildman–Crippen LogP) is 6.88. The fraction of sp³-hybridized carbons (Fsp3) is 0.138. The molecule has 0 aliphatic carbocycles. The fourth-order valence-electron chi connectivity index (χ4n) is 3.62. The average molecular weight is 599 g/mol. The Morgan fingerprint density at radius 2 is 1.46 bits per heavy atom. The second kappa shape index (κ2) is 12.6. The Hall–Kier alpha value is -4.18. The maximum atomic E-state index is 13.6. The van der Waals surface area contributed by atoms with Gasteiger partial charge in [-0.05, 0) is 50.8 Å². The van der Waals surface area contributed by atoms with Gasteiger partial charge in [-0.15, -0.1) is 0 Å². The predicted molar refractivity (Wildman–Crippen MR) is 142 cm³/mol. The molecule has 4 aromatic rings. The van der Waals surface area contributed by atoms with Crippen LogP contribution in [0.3, 0.4) is 0 Å². The summed E-state index contributed by atoms with van der Waals surface area (Å²) in [7, 11) is 0. The molecule has 1 aromatic heterocycles. The van der Waals surface area contributed by atoms with E-state index in [2.05, 4.69) is 20.9 Å². The third-order valence-corrected chi connectivity index (χ3v) is 6.03. The van der Waals surface area contributed by atoms with Crippen LogP contribution >= 0.6 is 15.9 Å². The van der Waals surface area contributed by atoms with E-state index in [1.807, 2.05) is 12.1 Å². The highest BCUT2D eigenvalue weighted by molar-refractivity contribution is 9.10. The van der Waals surface area contributed by atoms with Crippen LogP contribution in [-0.2, 0) is 29.3 Å². The summed E-state index contributed by atoms with van der Waals surface area (Å²) in [6, 6.07) is 25.0. The number of carbonyl (C=O) groups excluding carboxylic acids is 2. The lowest BCUT2D eigenvalue weighted by Gasteiger charge is -2.25. The SMILES string of the molecule is O=C(OCc1ccccc1)c1ccc(N(Cc2ccc(Br)nc2)C(=O)C(F)(F)F)cc1OCc1ccccc1. The smallest absolute Gasteiger partial charge is 0.471 e. The molecule has 0 atom stereocenters. The standard InChI is InChI=1S/C29H22BrF3N2O4/c30-26-14-11-22(16-34-26)17-35(28(37)29(31,32)33)23-12-13-24(27(36)39-19-21-9-5-2-6-10-21)25(15-23)38-18-20-7-3-1-4-8-20/h1-16H,17-19H2. The molecule has 4 rings (SSSR count). The van der Waals surface area contributed by atoms with E-state index in [9.17, 15) is 22.8 Å². The maximum absolute atomic E-state index is 13.6. The number of anilines is 1. The van der Waals surface area contributed by atoms with Crippen molar-refractivity contribution in [1.29, 1.82) is 0 Å². The highest BCUT2D eigenvalue weighted by atomic mass is 79.9. The van der Waals surface area contributed by atoms with Crippen LogP contribution in [0.4, 0.5) is 18.9 Å². The van der Waals surface area contributed by atoms with Crippen LogP contribution in [0.25, 0.3) is 0 Å². The Morgan fingerprint density at radius 3 is 2.05 bits per heavy atom. The van der Waals surface area contributed by atoms with Gasteiger partial charge in [0.1, 0.15) is 29.1 Å². The van der Waals surface area contributed by atoms with Crippen molar-refractivity contribution < 1.29 is 32.2 Å². The summed E-state index contributed by atoms with van der Waals surface area (Å²) in [6.45, 7) is -0.379. The number of carbonyl (C=O) groups is 2. The minimum Gasteiger partial charge on any atom is -0.488 e. The topological polar surface area (TPSA) is 68.7 Å². The molecule has 0 spiro atoms. The van der Waals surface area contributed by atoms with Gasteiger partial charge in [0.15, 0.2) is 0 Å². The van der Waals surface area contributed by atoms with Gasteiger partial charge in [0.05, 0.1) is 6.54 Å². The van der Waals surface area contributed by atoms with Crippen molar-refractivity contribution in [3.05, 3.63) is 124 Å². The number of amides is 1. The summed E-state index contributed by atoms with van der Waals surface area (Å²) in [5.74, 6) is -2.82. The van der Waals surface area contributed by atoms with Crippen molar-refractivity contribution in [1.82, 2.24) is 4.98 Å². The first kappa shape index (κ1) is 27.8. The number of hydrogen-bond donors (Lipinski definition) is 0. The van der Waals surface area contributed by atoms with Gasteiger partial charge in [0.2, 0.25) is 0 Å². The van der Waals surface area contributed by atoms with E-state index in [0.29, 0.717) is 15.1 Å². The molecule has 0 saturated carbocycles. The first-order valence-corrected chi connectivity index (χ1v) is 12.5. The molecule has 0 saturated heterocycles. The Bertz CT molecular complexity index is 1420. The van der Waals surface area contributed by atoms with Gasteiger partial charge in [0, 0.05) is 18.0 Å². The molecule has 1 amide bonds. The molecule has 0 bridgehead atoms. The van der Waals surface area contributed by atoms with Crippen LogP contribution in [-0.4, -0.2) is 23.0 Å². The largest absolute Gasteiger partial charge is 0.488 e. The van der Waals surface area contributed by atoms with Gasteiger partial charge in [0.25, 0.3) is 0 Å². The zero-order valence-corrected chi connectivity index (χ0v) is 22.0. The van der Waals surface area contributed by atoms with Gasteiger partial charge in [-0.2, -0.15) is 13.2 Å². The summed E-state index contributed by atoms with van der Waals surface area (Å²) in [5, 5.41) is 0. The third kappa shape index (κ3) is 7.67. The lowest BCUT2D eigenvalue weighted by atomic mass is 10.1. The summed E-state index contributed by atoms with van der Waals surface area (Å²) in [6.07, 6.45) is -3.77.